The Hall–Kier alpha value is -2.34. The van der Waals surface area contributed by atoms with Gasteiger partial charge in [-0.25, -0.2) is 4.98 Å². The van der Waals surface area contributed by atoms with E-state index in [-0.39, 0.29) is 6.04 Å². The third-order valence-electron chi connectivity index (χ3n) is 5.11. The van der Waals surface area contributed by atoms with Crippen LogP contribution in [-0.4, -0.2) is 39.1 Å². The van der Waals surface area contributed by atoms with Gasteiger partial charge >= 0.3 is 0 Å². The Bertz CT molecular complexity index is 862. The van der Waals surface area contributed by atoms with E-state index >= 15 is 0 Å². The molecule has 4 rings (SSSR count). The number of rotatable bonds is 5. The number of aryl methyl sites for hydroxylation is 3. The minimum absolute atomic E-state index is 0.235. The molecule has 0 aliphatic carbocycles. The summed E-state index contributed by atoms with van der Waals surface area (Å²) in [6.45, 7) is 9.15. The van der Waals surface area contributed by atoms with Gasteiger partial charge in [0, 0.05) is 23.9 Å². The van der Waals surface area contributed by atoms with E-state index in [1.54, 1.807) is 6.26 Å². The third-order valence-corrected chi connectivity index (χ3v) is 5.11. The summed E-state index contributed by atoms with van der Waals surface area (Å²) >= 11 is 0. The minimum atomic E-state index is 0.235. The number of nitrogens with one attached hydrogen (secondary N) is 1. The van der Waals surface area contributed by atoms with E-state index in [1.807, 2.05) is 24.4 Å². The Balaban J connectivity index is 1.63. The molecule has 3 aromatic heterocycles. The smallest absolute Gasteiger partial charge is 0.160 e. The molecule has 1 N–H and O–H groups in total. The molecule has 1 aliphatic rings. The normalized spacial score (nSPS) is 16.6. The summed E-state index contributed by atoms with van der Waals surface area (Å²) < 4.78 is 7.63. The lowest BCUT2D eigenvalue weighted by molar-refractivity contribution is 0.225. The topological polar surface area (TPSA) is 58.6 Å². The zero-order chi connectivity index (χ0) is 17.4. The zero-order valence-electron chi connectivity index (χ0n) is 15.1. The van der Waals surface area contributed by atoms with Crippen molar-refractivity contribution in [1.29, 1.82) is 0 Å². The summed E-state index contributed by atoms with van der Waals surface area (Å²) in [5, 5.41) is 8.24. The van der Waals surface area contributed by atoms with Gasteiger partial charge in [0.2, 0.25) is 0 Å². The van der Waals surface area contributed by atoms with Gasteiger partial charge in [-0.05, 0) is 58.8 Å². The van der Waals surface area contributed by atoms with Crippen LogP contribution in [0.3, 0.4) is 0 Å². The molecule has 4 heterocycles. The number of fused-ring (bicyclic) bond motifs is 1. The van der Waals surface area contributed by atoms with Crippen LogP contribution in [0.25, 0.3) is 5.65 Å². The fraction of sp³-hybridized carbons (Fsp3) is 0.474. The summed E-state index contributed by atoms with van der Waals surface area (Å²) in [4.78, 5) is 7.14. The average Bonchev–Trinajstić information content (AvgIpc) is 3.33. The van der Waals surface area contributed by atoms with Crippen molar-refractivity contribution in [2.75, 3.05) is 25.0 Å². The summed E-state index contributed by atoms with van der Waals surface area (Å²) in [5.74, 6) is 2.00. The molecule has 1 fully saturated rings. The van der Waals surface area contributed by atoms with E-state index < -0.39 is 0 Å². The van der Waals surface area contributed by atoms with Gasteiger partial charge in [-0.15, -0.1) is 0 Å². The van der Waals surface area contributed by atoms with Crippen molar-refractivity contribution in [2.24, 2.45) is 0 Å². The molecule has 0 amide bonds. The van der Waals surface area contributed by atoms with Gasteiger partial charge in [0.1, 0.15) is 11.6 Å². The van der Waals surface area contributed by atoms with Crippen molar-refractivity contribution in [3.8, 4) is 0 Å². The lowest BCUT2D eigenvalue weighted by atomic mass is 10.2. The maximum absolute atomic E-state index is 5.71. The van der Waals surface area contributed by atoms with Gasteiger partial charge in [-0.3, -0.25) is 4.90 Å². The van der Waals surface area contributed by atoms with E-state index in [9.17, 15) is 0 Å². The first-order chi connectivity index (χ1) is 12.1. The molecule has 132 valence electrons. The molecule has 25 heavy (non-hydrogen) atoms. The van der Waals surface area contributed by atoms with Gasteiger partial charge in [0.25, 0.3) is 0 Å². The molecular weight excluding hydrogens is 314 g/mol. The standard InChI is InChI=1S/C19H25N5O/c1-13-11-18(24-19(21-13)14(2)15(3)22-24)20-12-16(17-7-6-10-25-17)23-8-4-5-9-23/h6-7,10-11,16,20H,4-5,8-9,12H2,1-3H3. The molecule has 0 spiro atoms. The van der Waals surface area contributed by atoms with Crippen LogP contribution in [0, 0.1) is 20.8 Å². The van der Waals surface area contributed by atoms with Crippen molar-refractivity contribution < 1.29 is 4.42 Å². The van der Waals surface area contributed by atoms with Crippen molar-refractivity contribution >= 4 is 11.5 Å². The Morgan fingerprint density at radius 3 is 2.76 bits per heavy atom. The highest BCUT2D eigenvalue weighted by Gasteiger charge is 2.25. The van der Waals surface area contributed by atoms with Crippen molar-refractivity contribution in [3.05, 3.63) is 47.2 Å². The van der Waals surface area contributed by atoms with Crippen LogP contribution in [0.5, 0.6) is 0 Å². The van der Waals surface area contributed by atoms with Crippen LogP contribution < -0.4 is 5.32 Å². The second kappa shape index (κ2) is 6.52. The van der Waals surface area contributed by atoms with E-state index in [4.69, 9.17) is 4.42 Å². The van der Waals surface area contributed by atoms with Crippen LogP contribution in [0.2, 0.25) is 0 Å². The highest BCUT2D eigenvalue weighted by Crippen LogP contribution is 2.26. The number of likely N-dealkylation sites (tertiary alicyclic amines) is 1. The van der Waals surface area contributed by atoms with Crippen LogP contribution in [0.1, 0.15) is 41.6 Å². The van der Waals surface area contributed by atoms with Gasteiger partial charge in [0.05, 0.1) is 18.0 Å². The summed E-state index contributed by atoms with van der Waals surface area (Å²) in [7, 11) is 0. The molecule has 0 aromatic carbocycles. The minimum Gasteiger partial charge on any atom is -0.468 e. The average molecular weight is 339 g/mol. The zero-order valence-corrected chi connectivity index (χ0v) is 15.1. The molecular formula is C19H25N5O. The van der Waals surface area contributed by atoms with Gasteiger partial charge < -0.3 is 9.73 Å². The number of nitrogens with zero attached hydrogens (tertiary/aromatic N) is 4. The third kappa shape index (κ3) is 3.02. The Kier molecular flexibility index (Phi) is 4.21. The Labute approximate surface area is 147 Å². The fourth-order valence-electron chi connectivity index (χ4n) is 3.62. The highest BCUT2D eigenvalue weighted by molar-refractivity contribution is 5.56. The number of hydrogen-bond donors (Lipinski definition) is 1. The quantitative estimate of drug-likeness (QED) is 0.771. The monoisotopic (exact) mass is 339 g/mol. The lowest BCUT2D eigenvalue weighted by Crippen LogP contribution is -2.31. The number of furan rings is 1. The van der Waals surface area contributed by atoms with Crippen molar-refractivity contribution in [3.63, 3.8) is 0 Å². The molecule has 0 bridgehead atoms. The first-order valence-corrected chi connectivity index (χ1v) is 8.98. The largest absolute Gasteiger partial charge is 0.468 e. The maximum Gasteiger partial charge on any atom is 0.160 e. The Morgan fingerprint density at radius 2 is 2.04 bits per heavy atom. The number of hydrogen-bond acceptors (Lipinski definition) is 5. The van der Waals surface area contributed by atoms with E-state index in [1.165, 1.54) is 12.8 Å². The molecule has 1 atom stereocenters. The molecule has 3 aromatic rings. The van der Waals surface area contributed by atoms with Crippen molar-refractivity contribution in [2.45, 2.75) is 39.7 Å². The summed E-state index contributed by atoms with van der Waals surface area (Å²) in [5.41, 5.74) is 4.07. The van der Waals surface area contributed by atoms with E-state index in [2.05, 4.69) is 39.4 Å². The molecule has 0 saturated carbocycles. The molecule has 1 aliphatic heterocycles. The summed E-state index contributed by atoms with van der Waals surface area (Å²) in [6, 6.07) is 6.33. The summed E-state index contributed by atoms with van der Waals surface area (Å²) in [6.07, 6.45) is 4.27. The predicted molar refractivity (Wildman–Crippen MR) is 97.9 cm³/mol. The van der Waals surface area contributed by atoms with Crippen LogP contribution in [0.15, 0.2) is 28.9 Å². The molecule has 0 radical (unpaired) electrons. The van der Waals surface area contributed by atoms with Crippen LogP contribution >= 0.6 is 0 Å². The fourth-order valence-corrected chi connectivity index (χ4v) is 3.62. The SMILES string of the molecule is Cc1cc(NCC(c2ccco2)N2CCCC2)n2nc(C)c(C)c2n1. The highest BCUT2D eigenvalue weighted by atomic mass is 16.3. The number of anilines is 1. The molecule has 6 nitrogen and oxygen atoms in total. The second-order valence-corrected chi connectivity index (χ2v) is 6.88. The second-order valence-electron chi connectivity index (χ2n) is 6.88. The predicted octanol–water partition coefficient (Wildman–Crippen LogP) is 3.50. The Morgan fingerprint density at radius 1 is 1.24 bits per heavy atom. The first kappa shape index (κ1) is 16.1. The first-order valence-electron chi connectivity index (χ1n) is 8.98. The van der Waals surface area contributed by atoms with Gasteiger partial charge in [-0.1, -0.05) is 0 Å². The number of aromatic nitrogens is 3. The lowest BCUT2D eigenvalue weighted by Gasteiger charge is -2.26. The molecule has 6 heteroatoms. The van der Waals surface area contributed by atoms with Crippen LogP contribution in [-0.2, 0) is 0 Å². The van der Waals surface area contributed by atoms with Crippen molar-refractivity contribution in [1.82, 2.24) is 19.5 Å². The molecule has 1 saturated heterocycles. The van der Waals surface area contributed by atoms with Gasteiger partial charge in [0.15, 0.2) is 5.65 Å². The van der Waals surface area contributed by atoms with E-state index in [0.29, 0.717) is 0 Å². The molecule has 1 unspecified atom stereocenters. The van der Waals surface area contributed by atoms with E-state index in [0.717, 1.165) is 53.8 Å². The van der Waals surface area contributed by atoms with Gasteiger partial charge in [-0.2, -0.15) is 9.61 Å². The maximum atomic E-state index is 5.71. The van der Waals surface area contributed by atoms with Crippen LogP contribution in [0.4, 0.5) is 5.82 Å².